The molecule has 0 aliphatic heterocycles. The van der Waals surface area contributed by atoms with Crippen LogP contribution in [-0.4, -0.2) is 5.97 Å². The zero-order valence-electron chi connectivity index (χ0n) is 6.55. The van der Waals surface area contributed by atoms with Crippen LogP contribution in [-0.2, 0) is 9.53 Å². The number of ether oxygens (including phenoxy) is 1. The van der Waals surface area contributed by atoms with Crippen molar-refractivity contribution in [2.75, 3.05) is 0 Å². The van der Waals surface area contributed by atoms with Gasteiger partial charge in [0.25, 0.3) is 0 Å². The number of nitrogens with zero attached hydrogens (tertiary/aromatic N) is 1. The Labute approximate surface area is 65.6 Å². The van der Waals surface area contributed by atoms with Gasteiger partial charge in [0.1, 0.15) is 6.07 Å². The summed E-state index contributed by atoms with van der Waals surface area (Å²) < 4.78 is 4.57. The lowest BCUT2D eigenvalue weighted by Crippen LogP contribution is -2.03. The van der Waals surface area contributed by atoms with Gasteiger partial charge < -0.3 is 4.74 Å². The highest BCUT2D eigenvalue weighted by atomic mass is 16.5. The van der Waals surface area contributed by atoms with Crippen LogP contribution >= 0.6 is 0 Å². The smallest absolute Gasteiger partial charge is 0.339 e. The minimum atomic E-state index is -0.570. The van der Waals surface area contributed by atoms with Crippen molar-refractivity contribution in [3.05, 3.63) is 24.0 Å². The Kier molecular flexibility index (Phi) is 3.68. The van der Waals surface area contributed by atoms with E-state index in [9.17, 15) is 4.79 Å². The first kappa shape index (κ1) is 9.44. The molecule has 0 aliphatic carbocycles. The lowest BCUT2D eigenvalue weighted by molar-refractivity contribution is -0.134. The van der Waals surface area contributed by atoms with Crippen molar-refractivity contribution in [3.63, 3.8) is 0 Å². The summed E-state index contributed by atoms with van der Waals surface area (Å²) in [6.07, 6.45) is 1.42. The van der Waals surface area contributed by atoms with E-state index in [2.05, 4.69) is 11.3 Å². The van der Waals surface area contributed by atoms with Crippen LogP contribution in [0, 0.1) is 11.3 Å². The van der Waals surface area contributed by atoms with Crippen molar-refractivity contribution >= 4 is 5.97 Å². The Morgan fingerprint density at radius 2 is 2.27 bits per heavy atom. The molecule has 0 aromatic rings. The lowest BCUT2D eigenvalue weighted by Gasteiger charge is -1.98. The molecule has 0 radical (unpaired) electrons. The first-order valence-corrected chi connectivity index (χ1v) is 3.06. The molecular formula is C8H9NO2. The van der Waals surface area contributed by atoms with Crippen molar-refractivity contribution in [2.45, 2.75) is 13.8 Å². The summed E-state index contributed by atoms with van der Waals surface area (Å²) in [4.78, 5) is 10.8. The van der Waals surface area contributed by atoms with E-state index >= 15 is 0 Å². The van der Waals surface area contributed by atoms with Gasteiger partial charge in [-0.05, 0) is 19.9 Å². The SMILES string of the molecule is C=C(C)C(=O)O/C(C#N)=C/C. The van der Waals surface area contributed by atoms with Gasteiger partial charge in [-0.3, -0.25) is 0 Å². The van der Waals surface area contributed by atoms with Crippen LogP contribution in [0.1, 0.15) is 13.8 Å². The van der Waals surface area contributed by atoms with Crippen LogP contribution in [0.25, 0.3) is 0 Å². The van der Waals surface area contributed by atoms with Gasteiger partial charge in [0, 0.05) is 5.57 Å². The second kappa shape index (κ2) is 4.29. The Morgan fingerprint density at radius 1 is 1.73 bits per heavy atom. The molecule has 0 atom stereocenters. The van der Waals surface area contributed by atoms with Gasteiger partial charge in [-0.25, -0.2) is 4.79 Å². The Hall–Kier alpha value is -1.56. The van der Waals surface area contributed by atoms with Crippen molar-refractivity contribution < 1.29 is 9.53 Å². The largest absolute Gasteiger partial charge is 0.412 e. The van der Waals surface area contributed by atoms with Crippen molar-refractivity contribution in [2.24, 2.45) is 0 Å². The van der Waals surface area contributed by atoms with Gasteiger partial charge in [-0.2, -0.15) is 5.26 Å². The molecule has 0 bridgehead atoms. The van der Waals surface area contributed by atoms with Gasteiger partial charge in [-0.1, -0.05) is 6.58 Å². The van der Waals surface area contributed by atoms with Crippen LogP contribution in [0.2, 0.25) is 0 Å². The summed E-state index contributed by atoms with van der Waals surface area (Å²) >= 11 is 0. The molecule has 11 heavy (non-hydrogen) atoms. The molecule has 0 heterocycles. The highest BCUT2D eigenvalue weighted by Gasteiger charge is 2.05. The summed E-state index contributed by atoms with van der Waals surface area (Å²) in [6.45, 7) is 6.50. The number of rotatable bonds is 2. The molecule has 0 aromatic heterocycles. The third-order valence-corrected chi connectivity index (χ3v) is 0.923. The predicted molar refractivity (Wildman–Crippen MR) is 40.3 cm³/mol. The second-order valence-electron chi connectivity index (χ2n) is 1.93. The number of carbonyl (C=O) groups is 1. The molecule has 0 amide bonds. The molecule has 3 heteroatoms. The van der Waals surface area contributed by atoms with E-state index in [1.165, 1.54) is 13.0 Å². The van der Waals surface area contributed by atoms with Gasteiger partial charge in [0.2, 0.25) is 5.76 Å². The number of hydrogen-bond donors (Lipinski definition) is 0. The Bertz CT molecular complexity index is 245. The van der Waals surface area contributed by atoms with Crippen LogP contribution < -0.4 is 0 Å². The quantitative estimate of drug-likeness (QED) is 0.260. The zero-order chi connectivity index (χ0) is 8.85. The molecule has 0 rings (SSSR count). The van der Waals surface area contributed by atoms with Gasteiger partial charge >= 0.3 is 5.97 Å². The number of nitriles is 1. The average Bonchev–Trinajstić information content (AvgIpc) is 1.99. The number of hydrogen-bond acceptors (Lipinski definition) is 3. The third kappa shape index (κ3) is 3.21. The van der Waals surface area contributed by atoms with Crippen molar-refractivity contribution in [3.8, 4) is 6.07 Å². The second-order valence-corrected chi connectivity index (χ2v) is 1.93. The maximum absolute atomic E-state index is 10.8. The molecule has 58 valence electrons. The molecule has 0 fully saturated rings. The topological polar surface area (TPSA) is 50.1 Å². The van der Waals surface area contributed by atoms with Crippen molar-refractivity contribution in [1.29, 1.82) is 5.26 Å². The van der Waals surface area contributed by atoms with E-state index in [0.29, 0.717) is 0 Å². The number of carbonyl (C=O) groups excluding carboxylic acids is 1. The fourth-order valence-electron chi connectivity index (χ4n) is 0.333. The van der Waals surface area contributed by atoms with Gasteiger partial charge in [0.15, 0.2) is 0 Å². The zero-order valence-corrected chi connectivity index (χ0v) is 6.55. The highest BCUT2D eigenvalue weighted by molar-refractivity contribution is 5.87. The fraction of sp³-hybridized carbons (Fsp3) is 0.250. The molecule has 3 nitrogen and oxygen atoms in total. The number of allylic oxidation sites excluding steroid dienone is 2. The van der Waals surface area contributed by atoms with E-state index in [4.69, 9.17) is 5.26 Å². The summed E-state index contributed by atoms with van der Waals surface area (Å²) in [5.41, 5.74) is 0.277. The molecular weight excluding hydrogens is 142 g/mol. The standard InChI is InChI=1S/C8H9NO2/c1-4-7(5-9)11-8(10)6(2)3/h4H,2H2,1,3H3/b7-4+. The highest BCUT2D eigenvalue weighted by Crippen LogP contribution is 2.00. The average molecular weight is 151 g/mol. The van der Waals surface area contributed by atoms with Crippen molar-refractivity contribution in [1.82, 2.24) is 0 Å². The van der Waals surface area contributed by atoms with Crippen LogP contribution in [0.5, 0.6) is 0 Å². The predicted octanol–water partition coefficient (Wildman–Crippen LogP) is 1.53. The summed E-state index contributed by atoms with van der Waals surface area (Å²) in [5.74, 6) is -0.572. The van der Waals surface area contributed by atoms with E-state index in [0.717, 1.165) is 0 Å². The van der Waals surface area contributed by atoms with Gasteiger partial charge in [-0.15, -0.1) is 0 Å². The van der Waals surface area contributed by atoms with E-state index in [-0.39, 0.29) is 11.3 Å². The molecule has 0 spiro atoms. The molecule has 0 saturated carbocycles. The molecule has 0 aliphatic rings. The summed E-state index contributed by atoms with van der Waals surface area (Å²) in [7, 11) is 0. The van der Waals surface area contributed by atoms with Crippen LogP contribution in [0.4, 0.5) is 0 Å². The first-order chi connectivity index (χ1) is 5.11. The maximum atomic E-state index is 10.8. The first-order valence-electron chi connectivity index (χ1n) is 3.06. The molecule has 0 N–H and O–H groups in total. The Morgan fingerprint density at radius 3 is 2.55 bits per heavy atom. The fourth-order valence-corrected chi connectivity index (χ4v) is 0.333. The molecule has 0 unspecified atom stereocenters. The molecule has 0 aromatic carbocycles. The van der Waals surface area contributed by atoms with Crippen LogP contribution in [0.3, 0.4) is 0 Å². The molecule has 0 saturated heterocycles. The third-order valence-electron chi connectivity index (χ3n) is 0.923. The summed E-state index contributed by atoms with van der Waals surface area (Å²) in [6, 6.07) is 1.71. The minimum absolute atomic E-state index is 0.00185. The maximum Gasteiger partial charge on any atom is 0.339 e. The van der Waals surface area contributed by atoms with Crippen LogP contribution in [0.15, 0.2) is 24.0 Å². The lowest BCUT2D eigenvalue weighted by atomic mass is 10.3. The minimum Gasteiger partial charge on any atom is -0.412 e. The van der Waals surface area contributed by atoms with E-state index in [1.807, 2.05) is 0 Å². The monoisotopic (exact) mass is 151 g/mol. The number of esters is 1. The summed E-state index contributed by atoms with van der Waals surface area (Å²) in [5, 5.41) is 8.33. The van der Waals surface area contributed by atoms with E-state index in [1.54, 1.807) is 13.0 Å². The van der Waals surface area contributed by atoms with Gasteiger partial charge in [0.05, 0.1) is 0 Å². The van der Waals surface area contributed by atoms with E-state index < -0.39 is 5.97 Å². The normalized spacial score (nSPS) is 10.1. The Balaban J connectivity index is 4.18.